The number of carbonyl (C=O) groups excluding carboxylic acids is 2. The van der Waals surface area contributed by atoms with Crippen LogP contribution in [0.5, 0.6) is 0 Å². The highest BCUT2D eigenvalue weighted by Gasteiger charge is 2.26. The number of urea groups is 1. The predicted octanol–water partition coefficient (Wildman–Crippen LogP) is 1.89. The quantitative estimate of drug-likeness (QED) is 0.824. The van der Waals surface area contributed by atoms with Crippen molar-refractivity contribution in [1.82, 2.24) is 29.7 Å². The van der Waals surface area contributed by atoms with E-state index >= 15 is 0 Å². The molecule has 0 unspecified atom stereocenters. The van der Waals surface area contributed by atoms with E-state index < -0.39 is 0 Å². The van der Waals surface area contributed by atoms with Crippen molar-refractivity contribution in [3.8, 4) is 0 Å². The first kappa shape index (κ1) is 19.9. The van der Waals surface area contributed by atoms with Crippen molar-refractivity contribution in [3.63, 3.8) is 0 Å². The summed E-state index contributed by atoms with van der Waals surface area (Å²) in [5.41, 5.74) is 0.918. The topological polar surface area (TPSA) is 83.4 Å². The SMILES string of the molecule is CC(=O)N(Cc1cncnc1)[C@@H]1CCCN(C(=O)NCCn2cccc2)CC1. The van der Waals surface area contributed by atoms with Crippen molar-refractivity contribution in [2.24, 2.45) is 0 Å². The van der Waals surface area contributed by atoms with E-state index in [0.717, 1.165) is 31.4 Å². The number of aromatic nitrogens is 3. The second kappa shape index (κ2) is 9.87. The fourth-order valence-corrected chi connectivity index (χ4v) is 3.62. The molecule has 8 nitrogen and oxygen atoms in total. The van der Waals surface area contributed by atoms with Gasteiger partial charge in [0.25, 0.3) is 0 Å². The Hall–Kier alpha value is -2.90. The van der Waals surface area contributed by atoms with Gasteiger partial charge in [-0.15, -0.1) is 0 Å². The van der Waals surface area contributed by atoms with Crippen LogP contribution in [0, 0.1) is 0 Å². The predicted molar refractivity (Wildman–Crippen MR) is 105 cm³/mol. The molecular weight excluding hydrogens is 356 g/mol. The molecule has 2 aromatic heterocycles. The molecule has 8 heteroatoms. The lowest BCUT2D eigenvalue weighted by molar-refractivity contribution is -0.132. The maximum absolute atomic E-state index is 12.5. The van der Waals surface area contributed by atoms with Crippen LogP contribution in [0.25, 0.3) is 0 Å². The Balaban J connectivity index is 1.51. The molecule has 0 bridgehead atoms. The zero-order valence-electron chi connectivity index (χ0n) is 16.3. The number of hydrogen-bond donors (Lipinski definition) is 1. The van der Waals surface area contributed by atoms with Crippen LogP contribution in [0.3, 0.4) is 0 Å². The molecule has 1 aliphatic heterocycles. The van der Waals surface area contributed by atoms with Crippen molar-refractivity contribution in [2.45, 2.75) is 45.3 Å². The van der Waals surface area contributed by atoms with Crippen LogP contribution in [-0.2, 0) is 17.9 Å². The standard InChI is InChI=1S/C20H28N6O2/c1-17(27)26(15-18-13-21-16-22-14-18)19-5-4-10-25(11-6-19)20(28)23-7-12-24-8-2-3-9-24/h2-3,8-9,13-14,16,19H,4-7,10-12,15H2,1H3,(H,23,28)/t19-/m1/s1. The van der Waals surface area contributed by atoms with Crippen LogP contribution < -0.4 is 5.32 Å². The Morgan fingerprint density at radius 3 is 2.64 bits per heavy atom. The van der Waals surface area contributed by atoms with Crippen LogP contribution in [-0.4, -0.2) is 61.9 Å². The molecule has 150 valence electrons. The zero-order valence-corrected chi connectivity index (χ0v) is 16.3. The first-order chi connectivity index (χ1) is 13.6. The number of nitrogens with one attached hydrogen (secondary N) is 1. The van der Waals surface area contributed by atoms with Gasteiger partial charge in [-0.3, -0.25) is 4.79 Å². The molecule has 3 heterocycles. The van der Waals surface area contributed by atoms with Gasteiger partial charge >= 0.3 is 6.03 Å². The van der Waals surface area contributed by atoms with Gasteiger partial charge < -0.3 is 19.7 Å². The minimum atomic E-state index is -0.0290. The number of amides is 3. The Morgan fingerprint density at radius 1 is 1.18 bits per heavy atom. The minimum absolute atomic E-state index is 0.0290. The maximum Gasteiger partial charge on any atom is 0.317 e. The molecule has 2 aromatic rings. The monoisotopic (exact) mass is 384 g/mol. The number of nitrogens with zero attached hydrogens (tertiary/aromatic N) is 5. The highest BCUT2D eigenvalue weighted by Crippen LogP contribution is 2.19. The molecule has 1 saturated heterocycles. The summed E-state index contributed by atoms with van der Waals surface area (Å²) in [4.78, 5) is 36.5. The Bertz CT molecular complexity index is 749. The fourth-order valence-electron chi connectivity index (χ4n) is 3.62. The third-order valence-corrected chi connectivity index (χ3v) is 5.11. The Labute approximate surface area is 165 Å². The van der Waals surface area contributed by atoms with Crippen LogP contribution in [0.1, 0.15) is 31.7 Å². The molecule has 1 fully saturated rings. The first-order valence-electron chi connectivity index (χ1n) is 9.78. The van der Waals surface area contributed by atoms with E-state index in [0.29, 0.717) is 26.2 Å². The van der Waals surface area contributed by atoms with Gasteiger partial charge in [0.2, 0.25) is 5.91 Å². The van der Waals surface area contributed by atoms with Crippen LogP contribution >= 0.6 is 0 Å². The smallest absolute Gasteiger partial charge is 0.317 e. The van der Waals surface area contributed by atoms with E-state index in [9.17, 15) is 9.59 Å². The molecular formula is C20H28N6O2. The lowest BCUT2D eigenvalue weighted by Crippen LogP contribution is -2.43. The number of rotatable bonds is 6. The lowest BCUT2D eigenvalue weighted by Gasteiger charge is -2.30. The van der Waals surface area contributed by atoms with Crippen LogP contribution in [0.15, 0.2) is 43.2 Å². The van der Waals surface area contributed by atoms with Crippen LogP contribution in [0.2, 0.25) is 0 Å². The molecule has 0 spiro atoms. The Kier molecular flexibility index (Phi) is 7.00. The molecule has 1 atom stereocenters. The summed E-state index contributed by atoms with van der Waals surface area (Å²) in [5.74, 6) is 0.0403. The molecule has 0 radical (unpaired) electrons. The molecule has 3 rings (SSSR count). The van der Waals surface area contributed by atoms with Crippen LogP contribution in [0.4, 0.5) is 4.79 Å². The second-order valence-corrected chi connectivity index (χ2v) is 7.12. The molecule has 3 amide bonds. The van der Waals surface area contributed by atoms with Crippen molar-refractivity contribution in [2.75, 3.05) is 19.6 Å². The summed E-state index contributed by atoms with van der Waals surface area (Å²) in [6, 6.07) is 4.03. The molecule has 0 aromatic carbocycles. The van der Waals surface area contributed by atoms with E-state index in [1.165, 1.54) is 6.33 Å². The van der Waals surface area contributed by atoms with E-state index in [1.54, 1.807) is 19.3 Å². The minimum Gasteiger partial charge on any atom is -0.353 e. The highest BCUT2D eigenvalue weighted by molar-refractivity contribution is 5.74. The summed E-state index contributed by atoms with van der Waals surface area (Å²) >= 11 is 0. The van der Waals surface area contributed by atoms with Gasteiger partial charge in [-0.2, -0.15) is 0 Å². The summed E-state index contributed by atoms with van der Waals surface area (Å²) in [7, 11) is 0. The average molecular weight is 384 g/mol. The zero-order chi connectivity index (χ0) is 19.8. The molecule has 28 heavy (non-hydrogen) atoms. The van der Waals surface area contributed by atoms with Gasteiger partial charge in [-0.05, 0) is 31.4 Å². The van der Waals surface area contributed by atoms with Gasteiger partial charge in [0.15, 0.2) is 0 Å². The largest absolute Gasteiger partial charge is 0.353 e. The summed E-state index contributed by atoms with van der Waals surface area (Å²) in [6.07, 6.45) is 11.5. The fraction of sp³-hybridized carbons (Fsp3) is 0.500. The molecule has 0 aliphatic carbocycles. The van der Waals surface area contributed by atoms with E-state index in [-0.39, 0.29) is 18.0 Å². The van der Waals surface area contributed by atoms with Crippen molar-refractivity contribution >= 4 is 11.9 Å². The summed E-state index contributed by atoms with van der Waals surface area (Å²) in [5, 5.41) is 2.99. The second-order valence-electron chi connectivity index (χ2n) is 7.12. The van der Waals surface area contributed by atoms with Gasteiger partial charge in [-0.25, -0.2) is 14.8 Å². The number of carbonyl (C=O) groups is 2. The van der Waals surface area contributed by atoms with Gasteiger partial charge in [0, 0.05) is 76.0 Å². The third kappa shape index (κ3) is 5.55. The molecule has 0 saturated carbocycles. The van der Waals surface area contributed by atoms with Crippen molar-refractivity contribution in [1.29, 1.82) is 0 Å². The number of likely N-dealkylation sites (tertiary alicyclic amines) is 1. The van der Waals surface area contributed by atoms with Gasteiger partial charge in [-0.1, -0.05) is 0 Å². The summed E-state index contributed by atoms with van der Waals surface area (Å²) in [6.45, 7) is 4.82. The normalized spacial score (nSPS) is 17.0. The lowest BCUT2D eigenvalue weighted by atomic mass is 10.1. The van der Waals surface area contributed by atoms with Crippen molar-refractivity contribution in [3.05, 3.63) is 48.8 Å². The third-order valence-electron chi connectivity index (χ3n) is 5.11. The number of hydrogen-bond acceptors (Lipinski definition) is 4. The van der Waals surface area contributed by atoms with E-state index in [1.807, 2.05) is 38.9 Å². The molecule has 1 aliphatic rings. The maximum atomic E-state index is 12.5. The average Bonchev–Trinajstić information content (AvgIpc) is 3.09. The van der Waals surface area contributed by atoms with Crippen molar-refractivity contribution < 1.29 is 9.59 Å². The van der Waals surface area contributed by atoms with Gasteiger partial charge in [0.05, 0.1) is 0 Å². The Morgan fingerprint density at radius 2 is 1.93 bits per heavy atom. The van der Waals surface area contributed by atoms with E-state index in [2.05, 4.69) is 15.3 Å². The highest BCUT2D eigenvalue weighted by atomic mass is 16.2. The molecule has 1 N–H and O–H groups in total. The summed E-state index contributed by atoms with van der Waals surface area (Å²) < 4.78 is 2.04. The van der Waals surface area contributed by atoms with E-state index in [4.69, 9.17) is 0 Å². The first-order valence-corrected chi connectivity index (χ1v) is 9.78. The van der Waals surface area contributed by atoms with Gasteiger partial charge in [0.1, 0.15) is 6.33 Å².